The minimum absolute atomic E-state index is 0. The molecule has 178 valence electrons. The van der Waals surface area contributed by atoms with E-state index in [1.807, 2.05) is 0 Å². The monoisotopic (exact) mass is 553 g/mol. The first-order valence-electron chi connectivity index (χ1n) is 11.9. The lowest BCUT2D eigenvalue weighted by molar-refractivity contribution is 0.184. The molecule has 0 unspecified atom stereocenters. The molecule has 0 atom stereocenters. The third-order valence-corrected chi connectivity index (χ3v) is 6.15. The van der Waals surface area contributed by atoms with Crippen molar-refractivity contribution >= 4 is 29.9 Å². The number of benzene rings is 1. The van der Waals surface area contributed by atoms with Crippen LogP contribution in [-0.2, 0) is 26.1 Å². The summed E-state index contributed by atoms with van der Waals surface area (Å²) in [4.78, 5) is 7.40. The fourth-order valence-electron chi connectivity index (χ4n) is 4.33. The molecule has 0 aliphatic heterocycles. The van der Waals surface area contributed by atoms with Gasteiger partial charge in [-0.3, -0.25) is 4.90 Å². The maximum absolute atomic E-state index is 4.86. The van der Waals surface area contributed by atoms with E-state index in [1.165, 1.54) is 43.2 Å². The molecule has 0 saturated heterocycles. The van der Waals surface area contributed by atoms with Crippen LogP contribution in [0.15, 0.2) is 35.6 Å². The number of hydrogen-bond acceptors (Lipinski definition) is 4. The van der Waals surface area contributed by atoms with Crippen LogP contribution in [0, 0.1) is 0 Å². The molecule has 0 bridgehead atoms. The van der Waals surface area contributed by atoms with Crippen molar-refractivity contribution in [3.05, 3.63) is 47.5 Å². The Bertz CT molecular complexity index is 814. The van der Waals surface area contributed by atoms with Crippen molar-refractivity contribution in [2.45, 2.75) is 78.0 Å². The summed E-state index contributed by atoms with van der Waals surface area (Å²) >= 11 is 0. The zero-order chi connectivity index (χ0) is 21.9. The van der Waals surface area contributed by atoms with Crippen molar-refractivity contribution in [3.63, 3.8) is 0 Å². The summed E-state index contributed by atoms with van der Waals surface area (Å²) in [6.45, 7) is 8.31. The number of nitrogens with zero attached hydrogens (tertiary/aromatic N) is 5. The third-order valence-electron chi connectivity index (χ3n) is 6.15. The van der Waals surface area contributed by atoms with Crippen molar-refractivity contribution in [2.24, 2.45) is 4.99 Å². The minimum Gasteiger partial charge on any atom is -0.357 e. The smallest absolute Gasteiger partial charge is 0.191 e. The highest BCUT2D eigenvalue weighted by atomic mass is 127. The van der Waals surface area contributed by atoms with Gasteiger partial charge in [0, 0.05) is 38.6 Å². The lowest BCUT2D eigenvalue weighted by atomic mass is 9.94. The van der Waals surface area contributed by atoms with Gasteiger partial charge in [0.15, 0.2) is 5.96 Å². The second kappa shape index (κ2) is 14.5. The molecule has 32 heavy (non-hydrogen) atoms. The Kier molecular flexibility index (Phi) is 12.0. The Morgan fingerprint density at radius 3 is 2.59 bits per heavy atom. The molecule has 2 N–H and O–H groups in total. The van der Waals surface area contributed by atoms with E-state index in [9.17, 15) is 0 Å². The molecular formula is C24H40IN7. The van der Waals surface area contributed by atoms with Gasteiger partial charge in [-0.2, -0.15) is 0 Å². The van der Waals surface area contributed by atoms with Gasteiger partial charge in [0.25, 0.3) is 0 Å². The first kappa shape index (κ1) is 26.6. The zero-order valence-corrected chi connectivity index (χ0v) is 22.2. The van der Waals surface area contributed by atoms with E-state index in [0.29, 0.717) is 6.54 Å². The normalized spacial score (nSPS) is 14.9. The predicted octanol–water partition coefficient (Wildman–Crippen LogP) is 3.98. The number of rotatable bonds is 10. The highest BCUT2D eigenvalue weighted by Gasteiger charge is 2.18. The van der Waals surface area contributed by atoms with Crippen LogP contribution in [0.1, 0.15) is 62.9 Å². The van der Waals surface area contributed by atoms with Gasteiger partial charge in [-0.25, -0.2) is 4.99 Å². The lowest BCUT2D eigenvalue weighted by Crippen LogP contribution is -2.39. The number of halogens is 1. The van der Waals surface area contributed by atoms with Crippen LogP contribution in [0.25, 0.3) is 0 Å². The highest BCUT2D eigenvalue weighted by molar-refractivity contribution is 14.0. The van der Waals surface area contributed by atoms with Gasteiger partial charge in [0.05, 0.1) is 6.54 Å². The Morgan fingerprint density at radius 1 is 1.12 bits per heavy atom. The van der Waals surface area contributed by atoms with E-state index in [0.717, 1.165) is 50.4 Å². The van der Waals surface area contributed by atoms with Crippen LogP contribution in [-0.4, -0.2) is 51.8 Å². The molecule has 3 rings (SSSR count). The second-order valence-corrected chi connectivity index (χ2v) is 8.39. The van der Waals surface area contributed by atoms with Gasteiger partial charge in [0.1, 0.15) is 12.2 Å². The van der Waals surface area contributed by atoms with E-state index in [2.05, 4.69) is 75.5 Å². The van der Waals surface area contributed by atoms with Crippen LogP contribution >= 0.6 is 24.0 Å². The first-order valence-corrected chi connectivity index (χ1v) is 11.9. The number of aryl methyl sites for hydroxylation is 1. The average Bonchev–Trinajstić information content (AvgIpc) is 3.26. The molecule has 1 saturated carbocycles. The molecule has 1 fully saturated rings. The van der Waals surface area contributed by atoms with E-state index in [-0.39, 0.29) is 24.0 Å². The molecule has 0 spiro atoms. The number of guanidine groups is 1. The number of nitrogens with one attached hydrogen (secondary N) is 2. The number of aromatic nitrogens is 3. The zero-order valence-electron chi connectivity index (χ0n) is 19.9. The highest BCUT2D eigenvalue weighted by Crippen LogP contribution is 2.23. The topological polar surface area (TPSA) is 70.4 Å². The van der Waals surface area contributed by atoms with Gasteiger partial charge >= 0.3 is 0 Å². The van der Waals surface area contributed by atoms with E-state index >= 15 is 0 Å². The number of aliphatic imine (C=N–C) groups is 1. The third kappa shape index (κ3) is 8.03. The summed E-state index contributed by atoms with van der Waals surface area (Å²) in [6, 6.07) is 9.44. The number of hydrogen-bond donors (Lipinski definition) is 2. The Morgan fingerprint density at radius 2 is 1.88 bits per heavy atom. The molecule has 8 heteroatoms. The molecule has 1 aliphatic carbocycles. The van der Waals surface area contributed by atoms with Crippen molar-refractivity contribution in [1.29, 1.82) is 0 Å². The molecule has 0 amide bonds. The minimum atomic E-state index is 0. The fraction of sp³-hybridized carbons (Fsp3) is 0.625. The molecule has 2 aromatic rings. The van der Waals surface area contributed by atoms with E-state index < -0.39 is 0 Å². The van der Waals surface area contributed by atoms with Gasteiger partial charge in [-0.05, 0) is 37.9 Å². The van der Waals surface area contributed by atoms with Crippen LogP contribution in [0.4, 0.5) is 0 Å². The van der Waals surface area contributed by atoms with Crippen LogP contribution in [0.2, 0.25) is 0 Å². The van der Waals surface area contributed by atoms with E-state index in [1.54, 1.807) is 6.33 Å². The molecular weight excluding hydrogens is 513 g/mol. The Hall–Kier alpha value is -1.68. The summed E-state index contributed by atoms with van der Waals surface area (Å²) in [5.41, 5.74) is 2.68. The first-order chi connectivity index (χ1) is 15.2. The van der Waals surface area contributed by atoms with E-state index in [4.69, 9.17) is 4.99 Å². The predicted molar refractivity (Wildman–Crippen MR) is 142 cm³/mol. The maximum Gasteiger partial charge on any atom is 0.191 e. The summed E-state index contributed by atoms with van der Waals surface area (Å²) in [5.74, 6) is 1.86. The molecule has 7 nitrogen and oxygen atoms in total. The standard InChI is InChI=1S/C24H39N7.HI/c1-4-23-29-28-19-31(23)16-15-26-24(25-5-2)27-17-20-11-9-10-12-21(20)18-30(3)22-13-7-6-8-14-22;/h9-12,19,22H,4-8,13-18H2,1-3H3,(H2,25,26,27);1H. The van der Waals surface area contributed by atoms with Crippen molar-refractivity contribution in [2.75, 3.05) is 20.1 Å². The molecule has 1 aromatic carbocycles. The van der Waals surface area contributed by atoms with Crippen LogP contribution in [0.3, 0.4) is 0 Å². The summed E-state index contributed by atoms with van der Waals surface area (Å²) < 4.78 is 2.09. The lowest BCUT2D eigenvalue weighted by Gasteiger charge is -2.31. The quantitative estimate of drug-likeness (QED) is 0.265. The Labute approximate surface area is 210 Å². The van der Waals surface area contributed by atoms with Gasteiger partial charge in [0.2, 0.25) is 0 Å². The molecule has 1 heterocycles. The van der Waals surface area contributed by atoms with Crippen molar-refractivity contribution in [3.8, 4) is 0 Å². The summed E-state index contributed by atoms with van der Waals surface area (Å²) in [5, 5.41) is 15.0. The molecule has 0 radical (unpaired) electrons. The largest absolute Gasteiger partial charge is 0.357 e. The molecule has 1 aromatic heterocycles. The van der Waals surface area contributed by atoms with Crippen LogP contribution < -0.4 is 10.6 Å². The van der Waals surface area contributed by atoms with Crippen molar-refractivity contribution in [1.82, 2.24) is 30.3 Å². The van der Waals surface area contributed by atoms with Gasteiger partial charge < -0.3 is 15.2 Å². The average molecular weight is 554 g/mol. The maximum atomic E-state index is 4.86. The molecule has 1 aliphatic rings. The van der Waals surface area contributed by atoms with Gasteiger partial charge in [-0.15, -0.1) is 34.2 Å². The SMILES string of the molecule is CCNC(=NCc1ccccc1CN(C)C1CCCCC1)NCCn1cnnc1CC.I. The van der Waals surface area contributed by atoms with Crippen molar-refractivity contribution < 1.29 is 0 Å². The van der Waals surface area contributed by atoms with Crippen LogP contribution in [0.5, 0.6) is 0 Å². The summed E-state index contributed by atoms with van der Waals surface area (Å²) in [6.07, 6.45) is 9.48. The Balaban J connectivity index is 0.00000363. The fourth-order valence-corrected chi connectivity index (χ4v) is 4.33. The van der Waals surface area contributed by atoms with Gasteiger partial charge in [-0.1, -0.05) is 50.5 Å². The summed E-state index contributed by atoms with van der Waals surface area (Å²) in [7, 11) is 2.27. The second-order valence-electron chi connectivity index (χ2n) is 8.39.